The monoisotopic (exact) mass is 325 g/mol. The molecule has 0 bridgehead atoms. The number of nitrogens with one attached hydrogen (secondary N) is 1. The minimum absolute atomic E-state index is 0.272. The Morgan fingerprint density at radius 1 is 1.05 bits per heavy atom. The van der Waals surface area contributed by atoms with Gasteiger partial charge in [-0.1, -0.05) is 34.8 Å². The van der Waals surface area contributed by atoms with E-state index < -0.39 is 0 Å². The zero-order chi connectivity index (χ0) is 14.3. The molecule has 0 aliphatic heterocycles. The molecule has 0 spiro atoms. The van der Waals surface area contributed by atoms with E-state index in [1.165, 1.54) is 0 Å². The third-order valence-corrected chi connectivity index (χ3v) is 3.65. The van der Waals surface area contributed by atoms with E-state index >= 15 is 0 Å². The fraction of sp³-hybridized carbons (Fsp3) is 0.538. The highest BCUT2D eigenvalue weighted by Crippen LogP contribution is 2.31. The Bertz CT molecular complexity index is 396. The zero-order valence-corrected chi connectivity index (χ0v) is 13.3. The lowest BCUT2D eigenvalue weighted by atomic mass is 10.2. The van der Waals surface area contributed by atoms with E-state index in [2.05, 4.69) is 5.32 Å². The molecule has 0 aliphatic rings. The summed E-state index contributed by atoms with van der Waals surface area (Å²) in [5, 5.41) is 4.76. The Labute approximate surface area is 129 Å². The molecule has 1 N–H and O–H groups in total. The Kier molecular flexibility index (Phi) is 8.07. The summed E-state index contributed by atoms with van der Waals surface area (Å²) in [4.78, 5) is 0. The van der Waals surface area contributed by atoms with E-state index in [0.29, 0.717) is 41.4 Å². The lowest BCUT2D eigenvalue weighted by Crippen LogP contribution is -2.31. The molecule has 1 aromatic rings. The van der Waals surface area contributed by atoms with Crippen LogP contribution in [0.1, 0.15) is 19.4 Å². The first-order chi connectivity index (χ1) is 9.10. The molecule has 19 heavy (non-hydrogen) atoms. The van der Waals surface area contributed by atoms with Gasteiger partial charge in [-0.15, -0.1) is 0 Å². The van der Waals surface area contributed by atoms with Crippen LogP contribution in [0.15, 0.2) is 12.1 Å². The highest BCUT2D eigenvalue weighted by atomic mass is 35.5. The molecule has 0 aliphatic carbocycles. The minimum Gasteiger partial charge on any atom is -0.352 e. The van der Waals surface area contributed by atoms with E-state index in [1.807, 2.05) is 13.8 Å². The normalized spacial score (nSPS) is 11.3. The predicted octanol–water partition coefficient (Wildman–Crippen LogP) is 4.14. The lowest BCUT2D eigenvalue weighted by molar-refractivity contribution is -0.133. The number of hydrogen-bond donors (Lipinski definition) is 1. The Balaban J connectivity index is 2.54. The summed E-state index contributed by atoms with van der Waals surface area (Å²) in [6, 6.07) is 3.41. The van der Waals surface area contributed by atoms with Crippen molar-refractivity contribution < 1.29 is 9.47 Å². The van der Waals surface area contributed by atoms with E-state index in [-0.39, 0.29) is 6.29 Å². The Hall–Kier alpha value is -0.0300. The molecule has 108 valence electrons. The number of ether oxygens (including phenoxy) is 2. The molecule has 0 fully saturated rings. The summed E-state index contributed by atoms with van der Waals surface area (Å²) >= 11 is 18.2. The van der Waals surface area contributed by atoms with Crippen LogP contribution in [0.2, 0.25) is 15.1 Å². The van der Waals surface area contributed by atoms with Gasteiger partial charge in [-0.2, -0.15) is 0 Å². The summed E-state index contributed by atoms with van der Waals surface area (Å²) < 4.78 is 10.9. The molecular weight excluding hydrogens is 309 g/mol. The van der Waals surface area contributed by atoms with Crippen molar-refractivity contribution in [2.24, 2.45) is 0 Å². The summed E-state index contributed by atoms with van der Waals surface area (Å²) in [5.74, 6) is 0. The third kappa shape index (κ3) is 5.46. The van der Waals surface area contributed by atoms with Gasteiger partial charge in [-0.05, 0) is 26.0 Å². The van der Waals surface area contributed by atoms with Gasteiger partial charge in [-0.3, -0.25) is 0 Å². The second kappa shape index (κ2) is 9.01. The highest BCUT2D eigenvalue weighted by Gasteiger charge is 2.11. The van der Waals surface area contributed by atoms with Crippen LogP contribution in [0, 0.1) is 0 Å². The van der Waals surface area contributed by atoms with Crippen molar-refractivity contribution in [3.05, 3.63) is 32.8 Å². The van der Waals surface area contributed by atoms with Gasteiger partial charge in [0.2, 0.25) is 0 Å². The molecule has 0 radical (unpaired) electrons. The van der Waals surface area contributed by atoms with Crippen LogP contribution in [0.5, 0.6) is 0 Å². The van der Waals surface area contributed by atoms with Gasteiger partial charge in [0, 0.05) is 36.9 Å². The van der Waals surface area contributed by atoms with Gasteiger partial charge in [0.05, 0.1) is 10.0 Å². The van der Waals surface area contributed by atoms with Gasteiger partial charge in [0.1, 0.15) is 0 Å². The van der Waals surface area contributed by atoms with Crippen LogP contribution in [0.25, 0.3) is 0 Å². The standard InChI is InChI=1S/C13H18Cl3NO2/c1-3-18-12(19-4-2)8-17-7-9-10(14)5-6-11(15)13(9)16/h5-6,12,17H,3-4,7-8H2,1-2H3. The van der Waals surface area contributed by atoms with Crippen molar-refractivity contribution in [2.45, 2.75) is 26.7 Å². The molecule has 1 aromatic carbocycles. The molecule has 0 unspecified atom stereocenters. The molecule has 1 rings (SSSR count). The smallest absolute Gasteiger partial charge is 0.169 e. The Morgan fingerprint density at radius 2 is 1.63 bits per heavy atom. The van der Waals surface area contributed by atoms with Crippen molar-refractivity contribution in [2.75, 3.05) is 19.8 Å². The number of benzene rings is 1. The average molecular weight is 327 g/mol. The topological polar surface area (TPSA) is 30.5 Å². The van der Waals surface area contributed by atoms with E-state index in [4.69, 9.17) is 44.3 Å². The Morgan fingerprint density at radius 3 is 2.21 bits per heavy atom. The molecule has 0 amide bonds. The van der Waals surface area contributed by atoms with Crippen molar-refractivity contribution >= 4 is 34.8 Å². The number of hydrogen-bond acceptors (Lipinski definition) is 3. The maximum Gasteiger partial charge on any atom is 0.169 e. The number of rotatable bonds is 8. The van der Waals surface area contributed by atoms with E-state index in [1.54, 1.807) is 12.1 Å². The second-order valence-electron chi connectivity index (χ2n) is 3.79. The first-order valence-electron chi connectivity index (χ1n) is 6.16. The summed E-state index contributed by atoms with van der Waals surface area (Å²) in [6.07, 6.45) is -0.272. The molecular formula is C13H18Cl3NO2. The van der Waals surface area contributed by atoms with Crippen molar-refractivity contribution in [3.63, 3.8) is 0 Å². The lowest BCUT2D eigenvalue weighted by Gasteiger charge is -2.18. The van der Waals surface area contributed by atoms with Crippen LogP contribution < -0.4 is 5.32 Å². The maximum absolute atomic E-state index is 6.12. The summed E-state index contributed by atoms with van der Waals surface area (Å²) in [7, 11) is 0. The molecule has 0 atom stereocenters. The van der Waals surface area contributed by atoms with E-state index in [0.717, 1.165) is 5.56 Å². The molecule has 0 saturated carbocycles. The zero-order valence-electron chi connectivity index (χ0n) is 11.0. The van der Waals surface area contributed by atoms with Crippen LogP contribution >= 0.6 is 34.8 Å². The fourth-order valence-electron chi connectivity index (χ4n) is 1.58. The molecule has 0 aromatic heterocycles. The van der Waals surface area contributed by atoms with Crippen molar-refractivity contribution in [1.82, 2.24) is 5.32 Å². The summed E-state index contributed by atoms with van der Waals surface area (Å²) in [6.45, 7) is 6.12. The third-order valence-electron chi connectivity index (χ3n) is 2.46. The largest absolute Gasteiger partial charge is 0.352 e. The maximum atomic E-state index is 6.12. The van der Waals surface area contributed by atoms with Gasteiger partial charge in [-0.25, -0.2) is 0 Å². The van der Waals surface area contributed by atoms with Gasteiger partial charge in [0.15, 0.2) is 6.29 Å². The van der Waals surface area contributed by atoms with Crippen LogP contribution in [0.4, 0.5) is 0 Å². The molecule has 0 heterocycles. The van der Waals surface area contributed by atoms with Crippen molar-refractivity contribution in [1.29, 1.82) is 0 Å². The SMILES string of the molecule is CCOC(CNCc1c(Cl)ccc(Cl)c1Cl)OCC. The van der Waals surface area contributed by atoms with Crippen molar-refractivity contribution in [3.8, 4) is 0 Å². The first kappa shape index (κ1) is 17.0. The number of halogens is 3. The average Bonchev–Trinajstić information content (AvgIpc) is 2.38. The van der Waals surface area contributed by atoms with Gasteiger partial charge >= 0.3 is 0 Å². The predicted molar refractivity (Wildman–Crippen MR) is 80.2 cm³/mol. The molecule has 6 heteroatoms. The minimum atomic E-state index is -0.272. The highest BCUT2D eigenvalue weighted by molar-refractivity contribution is 6.44. The molecule has 0 saturated heterocycles. The fourth-order valence-corrected chi connectivity index (χ4v) is 2.27. The van der Waals surface area contributed by atoms with E-state index in [9.17, 15) is 0 Å². The first-order valence-corrected chi connectivity index (χ1v) is 7.29. The molecule has 3 nitrogen and oxygen atoms in total. The van der Waals surface area contributed by atoms with Crippen LogP contribution in [0.3, 0.4) is 0 Å². The summed E-state index contributed by atoms with van der Waals surface area (Å²) in [5.41, 5.74) is 0.780. The quantitative estimate of drug-likeness (QED) is 0.575. The van der Waals surface area contributed by atoms with Gasteiger partial charge in [0.25, 0.3) is 0 Å². The van der Waals surface area contributed by atoms with Gasteiger partial charge < -0.3 is 14.8 Å². The second-order valence-corrected chi connectivity index (χ2v) is 4.99. The van der Waals surface area contributed by atoms with Crippen LogP contribution in [-0.4, -0.2) is 26.0 Å². The van der Waals surface area contributed by atoms with Crippen LogP contribution in [-0.2, 0) is 16.0 Å².